The third kappa shape index (κ3) is 3.60. The van der Waals surface area contributed by atoms with E-state index in [9.17, 15) is 9.59 Å². The van der Waals surface area contributed by atoms with Crippen LogP contribution in [0, 0.1) is 5.92 Å². The number of carbonyl (C=O) groups is 2. The van der Waals surface area contributed by atoms with Crippen LogP contribution in [0.4, 0.5) is 4.79 Å². The number of nitrogens with one attached hydrogen (secondary N) is 1. The molecule has 0 saturated heterocycles. The lowest BCUT2D eigenvalue weighted by Gasteiger charge is -2.16. The molecule has 0 rings (SSSR count). The maximum Gasteiger partial charge on any atom is 0.405 e. The molecule has 11 heavy (non-hydrogen) atoms. The van der Waals surface area contributed by atoms with Crippen molar-refractivity contribution >= 4 is 11.9 Å². The van der Waals surface area contributed by atoms with Crippen LogP contribution in [0.15, 0.2) is 0 Å². The van der Waals surface area contributed by atoms with Gasteiger partial charge < -0.3 is 10.4 Å². The van der Waals surface area contributed by atoms with Gasteiger partial charge in [-0.2, -0.15) is 0 Å². The van der Waals surface area contributed by atoms with Crippen molar-refractivity contribution in [2.24, 2.45) is 5.92 Å². The molecule has 0 aromatic rings. The number of hydrogen-bond acceptors (Lipinski definition) is 2. The number of amides is 1. The zero-order valence-electron chi connectivity index (χ0n) is 6.92. The first-order valence-corrected chi connectivity index (χ1v) is 3.45. The van der Waals surface area contributed by atoms with E-state index in [0.29, 0.717) is 0 Å². The fourth-order valence-electron chi connectivity index (χ4n) is 0.871. The Morgan fingerprint density at radius 2 is 1.82 bits per heavy atom. The van der Waals surface area contributed by atoms with Crippen LogP contribution in [-0.2, 0) is 4.79 Å². The van der Waals surface area contributed by atoms with E-state index in [1.165, 1.54) is 6.92 Å². The molecular weight excluding hydrogens is 146 g/mol. The van der Waals surface area contributed by atoms with Gasteiger partial charge >= 0.3 is 6.09 Å². The normalized spacial score (nSPS) is 12.7. The van der Waals surface area contributed by atoms with E-state index in [1.54, 1.807) is 13.8 Å². The smallest absolute Gasteiger partial charge is 0.405 e. The lowest BCUT2D eigenvalue weighted by molar-refractivity contribution is -0.119. The Bertz CT molecular complexity index is 165. The van der Waals surface area contributed by atoms with Gasteiger partial charge in [0.1, 0.15) is 0 Å². The predicted molar refractivity (Wildman–Crippen MR) is 40.5 cm³/mol. The third-order valence-corrected chi connectivity index (χ3v) is 1.38. The standard InChI is InChI=1S/C7H13NO3/c1-4(2)6(5(3)9)8-7(10)11/h4,6,8H,1-3H3,(H,10,11). The molecule has 0 heterocycles. The average Bonchev–Trinajstić information content (AvgIpc) is 1.81. The van der Waals surface area contributed by atoms with Crippen LogP contribution in [0.25, 0.3) is 0 Å². The molecule has 0 aliphatic carbocycles. The number of ketones is 1. The second-order valence-electron chi connectivity index (χ2n) is 2.78. The van der Waals surface area contributed by atoms with Crippen molar-refractivity contribution in [1.82, 2.24) is 5.32 Å². The second-order valence-corrected chi connectivity index (χ2v) is 2.78. The fraction of sp³-hybridized carbons (Fsp3) is 0.714. The van der Waals surface area contributed by atoms with Gasteiger partial charge in [-0.3, -0.25) is 4.79 Å². The first kappa shape index (κ1) is 9.94. The zero-order chi connectivity index (χ0) is 9.02. The lowest BCUT2D eigenvalue weighted by Crippen LogP contribution is -2.42. The monoisotopic (exact) mass is 159 g/mol. The molecule has 4 nitrogen and oxygen atoms in total. The van der Waals surface area contributed by atoms with E-state index in [-0.39, 0.29) is 11.7 Å². The maximum absolute atomic E-state index is 10.8. The van der Waals surface area contributed by atoms with E-state index in [1.807, 2.05) is 0 Å². The molecular formula is C7H13NO3. The SMILES string of the molecule is CC(=O)C(NC(=O)O)C(C)C. The molecule has 1 atom stereocenters. The minimum absolute atomic E-state index is 0.00333. The first-order valence-electron chi connectivity index (χ1n) is 3.45. The summed E-state index contributed by atoms with van der Waals surface area (Å²) in [7, 11) is 0. The molecule has 0 aromatic carbocycles. The maximum atomic E-state index is 10.8. The molecule has 1 unspecified atom stereocenters. The summed E-state index contributed by atoms with van der Waals surface area (Å²) in [5.41, 5.74) is 0. The molecule has 0 radical (unpaired) electrons. The summed E-state index contributed by atoms with van der Waals surface area (Å²) in [4.78, 5) is 21.0. The summed E-state index contributed by atoms with van der Waals surface area (Å²) in [5, 5.41) is 10.5. The Hall–Kier alpha value is -1.06. The summed E-state index contributed by atoms with van der Waals surface area (Å²) in [5.74, 6) is -0.147. The van der Waals surface area contributed by atoms with Gasteiger partial charge in [0.15, 0.2) is 5.78 Å². The van der Waals surface area contributed by atoms with E-state index < -0.39 is 12.1 Å². The highest BCUT2D eigenvalue weighted by Gasteiger charge is 2.19. The van der Waals surface area contributed by atoms with Crippen LogP contribution in [0.2, 0.25) is 0 Å². The quantitative estimate of drug-likeness (QED) is 0.642. The van der Waals surface area contributed by atoms with Crippen molar-refractivity contribution in [3.8, 4) is 0 Å². The molecule has 0 aromatic heterocycles. The van der Waals surface area contributed by atoms with Crippen LogP contribution in [0.1, 0.15) is 20.8 Å². The summed E-state index contributed by atoms with van der Waals surface area (Å²) in [6, 6.07) is -0.576. The van der Waals surface area contributed by atoms with Gasteiger partial charge in [-0.05, 0) is 12.8 Å². The highest BCUT2D eigenvalue weighted by molar-refractivity contribution is 5.85. The number of carbonyl (C=O) groups excluding carboxylic acids is 1. The van der Waals surface area contributed by atoms with Crippen LogP contribution in [0.3, 0.4) is 0 Å². The largest absolute Gasteiger partial charge is 0.465 e. The van der Waals surface area contributed by atoms with Crippen LogP contribution < -0.4 is 5.32 Å². The van der Waals surface area contributed by atoms with Crippen LogP contribution in [-0.4, -0.2) is 23.0 Å². The molecule has 0 spiro atoms. The lowest BCUT2D eigenvalue weighted by atomic mass is 10.0. The van der Waals surface area contributed by atoms with Gasteiger partial charge in [-0.15, -0.1) is 0 Å². The molecule has 0 aliphatic rings. The number of Topliss-reactive ketones (excluding diaryl/α,β-unsaturated/α-hetero) is 1. The highest BCUT2D eigenvalue weighted by atomic mass is 16.4. The fourth-order valence-corrected chi connectivity index (χ4v) is 0.871. The summed E-state index contributed by atoms with van der Waals surface area (Å²) < 4.78 is 0. The predicted octanol–water partition coefficient (Wildman–Crippen LogP) is 0.868. The first-order chi connectivity index (χ1) is 4.95. The van der Waals surface area contributed by atoms with Crippen LogP contribution >= 0.6 is 0 Å². The van der Waals surface area contributed by atoms with Crippen molar-refractivity contribution in [3.05, 3.63) is 0 Å². The molecule has 0 bridgehead atoms. The molecule has 64 valence electrons. The second kappa shape index (κ2) is 3.95. The highest BCUT2D eigenvalue weighted by Crippen LogP contribution is 2.01. The van der Waals surface area contributed by atoms with Gasteiger partial charge in [0.25, 0.3) is 0 Å². The van der Waals surface area contributed by atoms with E-state index in [0.717, 1.165) is 0 Å². The van der Waals surface area contributed by atoms with Crippen molar-refractivity contribution in [3.63, 3.8) is 0 Å². The minimum atomic E-state index is -1.15. The summed E-state index contributed by atoms with van der Waals surface area (Å²) in [6.45, 7) is 4.96. The summed E-state index contributed by atoms with van der Waals surface area (Å²) >= 11 is 0. The van der Waals surface area contributed by atoms with Crippen molar-refractivity contribution < 1.29 is 14.7 Å². The topological polar surface area (TPSA) is 66.4 Å². The Morgan fingerprint density at radius 3 is 1.91 bits per heavy atom. The van der Waals surface area contributed by atoms with Gasteiger partial charge in [-0.1, -0.05) is 13.8 Å². The molecule has 2 N–H and O–H groups in total. The van der Waals surface area contributed by atoms with Crippen molar-refractivity contribution in [2.45, 2.75) is 26.8 Å². The Morgan fingerprint density at radius 1 is 1.36 bits per heavy atom. The molecule has 1 amide bonds. The molecule has 0 fully saturated rings. The van der Waals surface area contributed by atoms with Gasteiger partial charge in [0.05, 0.1) is 6.04 Å². The van der Waals surface area contributed by atoms with Gasteiger partial charge in [0, 0.05) is 0 Å². The Kier molecular flexibility index (Phi) is 3.57. The van der Waals surface area contributed by atoms with Crippen molar-refractivity contribution in [2.75, 3.05) is 0 Å². The van der Waals surface area contributed by atoms with E-state index in [4.69, 9.17) is 5.11 Å². The van der Waals surface area contributed by atoms with Gasteiger partial charge in [-0.25, -0.2) is 4.79 Å². The Balaban J connectivity index is 4.12. The molecule has 4 heteroatoms. The average molecular weight is 159 g/mol. The number of carboxylic acid groups (broad SMARTS) is 1. The van der Waals surface area contributed by atoms with E-state index >= 15 is 0 Å². The third-order valence-electron chi connectivity index (χ3n) is 1.38. The summed E-state index contributed by atoms with van der Waals surface area (Å²) in [6.07, 6.45) is -1.15. The molecule has 0 saturated carbocycles. The number of hydrogen-bond donors (Lipinski definition) is 2. The van der Waals surface area contributed by atoms with E-state index in [2.05, 4.69) is 5.32 Å². The zero-order valence-corrected chi connectivity index (χ0v) is 6.92. The number of rotatable bonds is 3. The molecule has 0 aliphatic heterocycles. The minimum Gasteiger partial charge on any atom is -0.465 e. The van der Waals surface area contributed by atoms with Crippen LogP contribution in [0.5, 0.6) is 0 Å². The Labute approximate surface area is 65.6 Å². The van der Waals surface area contributed by atoms with Gasteiger partial charge in [0.2, 0.25) is 0 Å². The van der Waals surface area contributed by atoms with Crippen molar-refractivity contribution in [1.29, 1.82) is 0 Å².